The number of anilines is 1. The average Bonchev–Trinajstić information content (AvgIpc) is 3.19. The Balaban J connectivity index is 1.36. The minimum Gasteiger partial charge on any atom is -0.355 e. The monoisotopic (exact) mass is 450 g/mol. The molecule has 0 bridgehead atoms. The number of carbonyl (C=O) groups is 1. The number of hydrogen-bond acceptors (Lipinski definition) is 5. The number of aromatic amines is 1. The van der Waals surface area contributed by atoms with Gasteiger partial charge < -0.3 is 9.80 Å². The number of pyridine rings is 1. The molecule has 2 aliphatic carbocycles. The second-order valence-corrected chi connectivity index (χ2v) is 10.6. The second kappa shape index (κ2) is 6.69. The SMILES string of the molecule is C=CC(=O)N1CC2(CCN(c3nc4c(c(-c5c(C)ccc6[nH]ncc56)c3C#N)[C@@H]3C[C@@H]3C4)C2)C1. The quantitative estimate of drug-likeness (QED) is 0.615. The maximum absolute atomic E-state index is 12.0. The van der Waals surface area contributed by atoms with Gasteiger partial charge in [-0.1, -0.05) is 12.6 Å². The summed E-state index contributed by atoms with van der Waals surface area (Å²) < 4.78 is 0. The van der Waals surface area contributed by atoms with Crippen molar-refractivity contribution in [2.75, 3.05) is 31.1 Å². The van der Waals surface area contributed by atoms with Gasteiger partial charge in [0.1, 0.15) is 17.5 Å². The number of hydrogen-bond donors (Lipinski definition) is 1. The van der Waals surface area contributed by atoms with Crippen molar-refractivity contribution in [3.8, 4) is 17.2 Å². The number of nitrogens with one attached hydrogen (secondary N) is 1. The maximum Gasteiger partial charge on any atom is 0.245 e. The molecule has 2 atom stereocenters. The van der Waals surface area contributed by atoms with Crippen LogP contribution in [0.3, 0.4) is 0 Å². The van der Waals surface area contributed by atoms with Crippen LogP contribution in [-0.2, 0) is 11.2 Å². The number of nitriles is 1. The molecule has 1 N–H and O–H groups in total. The van der Waals surface area contributed by atoms with E-state index < -0.39 is 0 Å². The first-order valence-electron chi connectivity index (χ1n) is 12.1. The van der Waals surface area contributed by atoms with Gasteiger partial charge in [0.15, 0.2) is 0 Å². The molecule has 1 aromatic carbocycles. The number of likely N-dealkylation sites (tertiary alicyclic amines) is 1. The van der Waals surface area contributed by atoms with Crippen molar-refractivity contribution < 1.29 is 4.79 Å². The molecule has 1 saturated carbocycles. The molecule has 2 aromatic heterocycles. The molecular formula is C27H26N6O. The lowest BCUT2D eigenvalue weighted by Crippen LogP contribution is -2.59. The first-order chi connectivity index (χ1) is 16.5. The van der Waals surface area contributed by atoms with Gasteiger partial charge in [0.2, 0.25) is 5.91 Å². The van der Waals surface area contributed by atoms with Crippen molar-refractivity contribution in [2.24, 2.45) is 11.3 Å². The van der Waals surface area contributed by atoms with E-state index in [2.05, 4.69) is 46.8 Å². The van der Waals surface area contributed by atoms with E-state index in [1.54, 1.807) is 0 Å². The molecule has 4 heterocycles. The minimum atomic E-state index is 0.00244. The molecule has 0 radical (unpaired) electrons. The van der Waals surface area contributed by atoms with E-state index in [9.17, 15) is 10.1 Å². The van der Waals surface area contributed by atoms with Gasteiger partial charge in [0.25, 0.3) is 0 Å². The Morgan fingerprint density at radius 2 is 2.18 bits per heavy atom. The molecule has 4 aliphatic rings. The van der Waals surface area contributed by atoms with E-state index in [1.807, 2.05) is 11.1 Å². The summed E-state index contributed by atoms with van der Waals surface area (Å²) in [7, 11) is 0. The van der Waals surface area contributed by atoms with Gasteiger partial charge in [-0.15, -0.1) is 0 Å². The lowest BCUT2D eigenvalue weighted by Gasteiger charge is -2.47. The van der Waals surface area contributed by atoms with Crippen molar-refractivity contribution >= 4 is 22.6 Å². The third-order valence-corrected chi connectivity index (χ3v) is 8.51. The average molecular weight is 451 g/mol. The van der Waals surface area contributed by atoms with Crippen molar-refractivity contribution in [2.45, 2.75) is 32.1 Å². The number of benzene rings is 1. The fourth-order valence-corrected chi connectivity index (χ4v) is 6.74. The molecule has 2 saturated heterocycles. The van der Waals surface area contributed by atoms with Gasteiger partial charge >= 0.3 is 0 Å². The smallest absolute Gasteiger partial charge is 0.245 e. The van der Waals surface area contributed by atoms with Crippen LogP contribution in [0, 0.1) is 29.6 Å². The van der Waals surface area contributed by atoms with Crippen molar-refractivity contribution in [1.82, 2.24) is 20.1 Å². The van der Waals surface area contributed by atoms with Crippen molar-refractivity contribution in [3.63, 3.8) is 0 Å². The minimum absolute atomic E-state index is 0.00244. The molecule has 7 rings (SSSR count). The Morgan fingerprint density at radius 1 is 1.32 bits per heavy atom. The number of fused-ring (bicyclic) bond motifs is 4. The van der Waals surface area contributed by atoms with Gasteiger partial charge in [-0.3, -0.25) is 9.89 Å². The zero-order valence-corrected chi connectivity index (χ0v) is 19.3. The molecule has 7 nitrogen and oxygen atoms in total. The Bertz CT molecular complexity index is 1440. The largest absolute Gasteiger partial charge is 0.355 e. The highest BCUT2D eigenvalue weighted by Crippen LogP contribution is 2.60. The zero-order valence-electron chi connectivity index (χ0n) is 19.3. The molecule has 170 valence electrons. The molecule has 2 aliphatic heterocycles. The Kier molecular flexibility index (Phi) is 3.89. The highest BCUT2D eigenvalue weighted by atomic mass is 16.2. The lowest BCUT2D eigenvalue weighted by atomic mass is 9.79. The summed E-state index contributed by atoms with van der Waals surface area (Å²) in [6, 6.07) is 6.76. The van der Waals surface area contributed by atoms with Crippen molar-refractivity contribution in [3.05, 3.63) is 53.4 Å². The summed E-state index contributed by atoms with van der Waals surface area (Å²) in [5.41, 5.74) is 7.59. The van der Waals surface area contributed by atoms with Gasteiger partial charge in [-0.05, 0) is 66.9 Å². The number of nitrogens with zero attached hydrogens (tertiary/aromatic N) is 5. The summed E-state index contributed by atoms with van der Waals surface area (Å²) in [6.45, 7) is 8.94. The highest BCUT2D eigenvalue weighted by molar-refractivity contribution is 6.00. The van der Waals surface area contributed by atoms with Crippen LogP contribution in [0.1, 0.15) is 41.1 Å². The third kappa shape index (κ3) is 2.60. The van der Waals surface area contributed by atoms with Crippen molar-refractivity contribution in [1.29, 1.82) is 5.26 Å². The van der Waals surface area contributed by atoms with E-state index in [0.29, 0.717) is 17.4 Å². The van der Waals surface area contributed by atoms with E-state index in [0.717, 1.165) is 72.4 Å². The maximum atomic E-state index is 12.0. The number of aromatic nitrogens is 3. The van der Waals surface area contributed by atoms with Gasteiger partial charge in [0.05, 0.1) is 11.7 Å². The van der Waals surface area contributed by atoms with E-state index in [-0.39, 0.29) is 11.3 Å². The number of rotatable bonds is 3. The molecule has 7 heteroatoms. The Hall–Kier alpha value is -3.66. The molecule has 34 heavy (non-hydrogen) atoms. The fourth-order valence-electron chi connectivity index (χ4n) is 6.74. The third-order valence-electron chi connectivity index (χ3n) is 8.51. The first kappa shape index (κ1) is 19.8. The normalized spacial score (nSPS) is 23.5. The van der Waals surface area contributed by atoms with Crippen LogP contribution in [0.25, 0.3) is 22.0 Å². The Morgan fingerprint density at radius 3 is 2.97 bits per heavy atom. The first-order valence-corrected chi connectivity index (χ1v) is 12.1. The Labute approximate surface area is 198 Å². The van der Waals surface area contributed by atoms with E-state index in [4.69, 9.17) is 4.98 Å². The number of aryl methyl sites for hydroxylation is 1. The zero-order chi connectivity index (χ0) is 23.2. The van der Waals surface area contributed by atoms with E-state index >= 15 is 0 Å². The predicted molar refractivity (Wildman–Crippen MR) is 129 cm³/mol. The van der Waals surface area contributed by atoms with Crippen LogP contribution in [-0.4, -0.2) is 52.2 Å². The van der Waals surface area contributed by atoms with Crippen LogP contribution in [0.5, 0.6) is 0 Å². The number of amides is 1. The summed E-state index contributed by atoms with van der Waals surface area (Å²) in [6.07, 6.45) is 6.49. The van der Waals surface area contributed by atoms with Crippen LogP contribution in [0.2, 0.25) is 0 Å². The predicted octanol–water partition coefficient (Wildman–Crippen LogP) is 3.69. The van der Waals surface area contributed by atoms with E-state index in [1.165, 1.54) is 23.8 Å². The molecule has 0 unspecified atom stereocenters. The molecule has 1 amide bonds. The van der Waals surface area contributed by atoms with Gasteiger partial charge in [-0.2, -0.15) is 10.4 Å². The summed E-state index contributed by atoms with van der Waals surface area (Å²) >= 11 is 0. The molecule has 3 aromatic rings. The number of H-pyrrole nitrogens is 1. The second-order valence-electron chi connectivity index (χ2n) is 10.6. The summed E-state index contributed by atoms with van der Waals surface area (Å²) in [4.78, 5) is 21.3. The van der Waals surface area contributed by atoms with Crippen LogP contribution < -0.4 is 4.90 Å². The van der Waals surface area contributed by atoms with Crippen LogP contribution >= 0.6 is 0 Å². The fraction of sp³-hybridized carbons (Fsp3) is 0.407. The van der Waals surface area contributed by atoms with Crippen LogP contribution in [0.15, 0.2) is 31.0 Å². The summed E-state index contributed by atoms with van der Waals surface area (Å²) in [5.74, 6) is 2.02. The molecule has 3 fully saturated rings. The molecular weight excluding hydrogens is 424 g/mol. The van der Waals surface area contributed by atoms with Gasteiger partial charge in [0, 0.05) is 48.2 Å². The number of carbonyl (C=O) groups excluding carboxylic acids is 1. The van der Waals surface area contributed by atoms with Gasteiger partial charge in [-0.25, -0.2) is 4.98 Å². The topological polar surface area (TPSA) is 88.9 Å². The lowest BCUT2D eigenvalue weighted by molar-refractivity contribution is -0.136. The summed E-state index contributed by atoms with van der Waals surface area (Å²) in [5, 5.41) is 19.0. The standard InChI is InChI=1S/C27H26N6O/c1-3-22(34)33-13-27(14-33)6-7-32(12-27)26-18(10-28)25(24-17-8-16(17)9-21(24)30-26)23-15(2)4-5-20-19(23)11-29-31-20/h3-5,11,16-17H,1,6-9,12-14H2,2H3,(H,29,31)/t16-,17-/m1/s1. The highest BCUT2D eigenvalue weighted by Gasteiger charge is 2.51. The van der Waals surface area contributed by atoms with Crippen LogP contribution in [0.4, 0.5) is 5.82 Å². The molecule has 1 spiro atoms.